The van der Waals surface area contributed by atoms with Gasteiger partial charge >= 0.3 is 5.69 Å². The molecule has 0 unspecified atom stereocenters. The van der Waals surface area contributed by atoms with Crippen molar-refractivity contribution in [2.45, 2.75) is 6.92 Å². The van der Waals surface area contributed by atoms with Crippen LogP contribution in [0.15, 0.2) is 23.3 Å². The number of rotatable bonds is 5. The molecule has 0 spiro atoms. The molecule has 1 aromatic rings. The predicted octanol–water partition coefficient (Wildman–Crippen LogP) is 1.28. The van der Waals surface area contributed by atoms with Gasteiger partial charge in [-0.2, -0.15) is 5.10 Å². The van der Waals surface area contributed by atoms with Crippen LogP contribution in [0.5, 0.6) is 0 Å². The minimum absolute atomic E-state index is 0.0124. The second-order valence-corrected chi connectivity index (χ2v) is 3.33. The third kappa shape index (κ3) is 3.22. The van der Waals surface area contributed by atoms with Gasteiger partial charge in [0.05, 0.1) is 28.2 Å². The van der Waals surface area contributed by atoms with Crippen LogP contribution in [0.3, 0.4) is 0 Å². The number of nitrogens with zero attached hydrogens (tertiary/aromatic N) is 3. The van der Waals surface area contributed by atoms with Crippen molar-refractivity contribution in [1.29, 1.82) is 0 Å². The molecular weight excluding hydrogens is 244 g/mol. The van der Waals surface area contributed by atoms with Crippen LogP contribution in [0.2, 0.25) is 0 Å². The van der Waals surface area contributed by atoms with Gasteiger partial charge in [-0.15, -0.1) is 0 Å². The van der Waals surface area contributed by atoms with Gasteiger partial charge in [0.1, 0.15) is 5.69 Å². The topological polar surface area (TPSA) is 131 Å². The molecule has 0 aliphatic carbocycles. The summed E-state index contributed by atoms with van der Waals surface area (Å²) in [5.41, 5.74) is 1.87. The van der Waals surface area contributed by atoms with E-state index < -0.39 is 15.5 Å². The molecule has 18 heavy (non-hydrogen) atoms. The maximum Gasteiger partial charge on any atom is 0.301 e. The first kappa shape index (κ1) is 13.5. The molecule has 0 aliphatic rings. The van der Waals surface area contributed by atoms with E-state index >= 15 is 0 Å². The van der Waals surface area contributed by atoms with Gasteiger partial charge in [0, 0.05) is 6.07 Å². The van der Waals surface area contributed by atoms with E-state index in [0.29, 0.717) is 5.71 Å². The van der Waals surface area contributed by atoms with Gasteiger partial charge in [-0.1, -0.05) is 0 Å². The molecule has 1 rings (SSSR count). The molecule has 1 aromatic carbocycles. The normalized spacial score (nSPS) is 11.1. The van der Waals surface area contributed by atoms with Crippen molar-refractivity contribution in [3.63, 3.8) is 0 Å². The van der Waals surface area contributed by atoms with Crippen LogP contribution in [-0.2, 0) is 0 Å². The lowest BCUT2D eigenvalue weighted by molar-refractivity contribution is -0.393. The van der Waals surface area contributed by atoms with Crippen LogP contribution in [-0.4, -0.2) is 27.3 Å². The van der Waals surface area contributed by atoms with Gasteiger partial charge in [0.2, 0.25) is 0 Å². The fourth-order valence-corrected chi connectivity index (χ4v) is 1.07. The molecule has 0 saturated heterocycles. The highest BCUT2D eigenvalue weighted by atomic mass is 16.6. The number of nitrogens with one attached hydrogen (secondary N) is 1. The van der Waals surface area contributed by atoms with Crippen LogP contribution < -0.4 is 5.43 Å². The number of hydrogen-bond acceptors (Lipinski definition) is 7. The Bertz CT molecular complexity index is 514. The smallest absolute Gasteiger partial charge is 0.301 e. The summed E-state index contributed by atoms with van der Waals surface area (Å²) < 4.78 is 0. The Labute approximate surface area is 101 Å². The van der Waals surface area contributed by atoms with E-state index in [2.05, 4.69) is 10.5 Å². The number of nitro benzene ring substituents is 2. The number of nitro groups is 2. The van der Waals surface area contributed by atoms with Gasteiger partial charge in [-0.25, -0.2) is 0 Å². The summed E-state index contributed by atoms with van der Waals surface area (Å²) in [4.78, 5) is 19.8. The fourth-order valence-electron chi connectivity index (χ4n) is 1.07. The van der Waals surface area contributed by atoms with E-state index in [-0.39, 0.29) is 18.0 Å². The summed E-state index contributed by atoms with van der Waals surface area (Å²) in [5.74, 6) is 0. The summed E-state index contributed by atoms with van der Waals surface area (Å²) in [6, 6.07) is 3.15. The lowest BCUT2D eigenvalue weighted by Crippen LogP contribution is -2.04. The molecule has 0 bridgehead atoms. The van der Waals surface area contributed by atoms with E-state index in [4.69, 9.17) is 5.11 Å². The quantitative estimate of drug-likeness (QED) is 0.462. The summed E-state index contributed by atoms with van der Waals surface area (Å²) in [6.45, 7) is 1.22. The summed E-state index contributed by atoms with van der Waals surface area (Å²) in [5, 5.41) is 33.6. The van der Waals surface area contributed by atoms with Gasteiger partial charge in [-0.3, -0.25) is 25.7 Å². The number of non-ortho nitro benzene ring substituents is 1. The van der Waals surface area contributed by atoms with Gasteiger partial charge < -0.3 is 5.11 Å². The molecule has 0 amide bonds. The molecule has 0 heterocycles. The molecule has 9 nitrogen and oxygen atoms in total. The number of benzene rings is 1. The Hall–Kier alpha value is -2.55. The number of aliphatic hydroxyl groups is 1. The first-order chi connectivity index (χ1) is 8.45. The first-order valence-electron chi connectivity index (χ1n) is 4.78. The van der Waals surface area contributed by atoms with Crippen LogP contribution in [0.4, 0.5) is 17.1 Å². The number of aliphatic hydroxyl groups excluding tert-OH is 1. The van der Waals surface area contributed by atoms with Gasteiger partial charge in [0.15, 0.2) is 0 Å². The molecule has 9 heteroatoms. The monoisotopic (exact) mass is 254 g/mol. The minimum atomic E-state index is -0.751. The van der Waals surface area contributed by atoms with Gasteiger partial charge in [0.25, 0.3) is 5.69 Å². The number of anilines is 1. The average Bonchev–Trinajstić information content (AvgIpc) is 2.35. The van der Waals surface area contributed by atoms with Crippen molar-refractivity contribution >= 4 is 22.8 Å². The zero-order valence-electron chi connectivity index (χ0n) is 9.36. The van der Waals surface area contributed by atoms with Crippen LogP contribution in [0, 0.1) is 20.2 Å². The Morgan fingerprint density at radius 2 is 2.06 bits per heavy atom. The molecule has 0 radical (unpaired) electrons. The lowest BCUT2D eigenvalue weighted by atomic mass is 10.2. The zero-order chi connectivity index (χ0) is 13.7. The van der Waals surface area contributed by atoms with Gasteiger partial charge in [-0.05, 0) is 13.0 Å². The van der Waals surface area contributed by atoms with E-state index in [0.717, 1.165) is 12.1 Å². The summed E-state index contributed by atoms with van der Waals surface area (Å²) in [6.07, 6.45) is 0. The van der Waals surface area contributed by atoms with E-state index in [1.807, 2.05) is 0 Å². The highest BCUT2D eigenvalue weighted by Crippen LogP contribution is 2.28. The third-order valence-corrected chi connectivity index (χ3v) is 1.98. The second-order valence-electron chi connectivity index (χ2n) is 3.33. The SMILES string of the molecule is C/C(CO)=N\Nc1ccc([N+](=O)[O-])cc1[N+](=O)[O-]. The van der Waals surface area contributed by atoms with Crippen molar-refractivity contribution in [3.8, 4) is 0 Å². The average molecular weight is 254 g/mol. The summed E-state index contributed by atoms with van der Waals surface area (Å²) >= 11 is 0. The van der Waals surface area contributed by atoms with Crippen molar-refractivity contribution < 1.29 is 15.0 Å². The Morgan fingerprint density at radius 1 is 1.39 bits per heavy atom. The van der Waals surface area contributed by atoms with Crippen LogP contribution in [0.1, 0.15) is 6.92 Å². The van der Waals surface area contributed by atoms with E-state index in [1.54, 1.807) is 0 Å². The molecule has 0 aromatic heterocycles. The number of hydrogen-bond donors (Lipinski definition) is 2. The minimum Gasteiger partial charge on any atom is -0.390 e. The Kier molecular flexibility index (Phi) is 4.27. The molecule has 0 atom stereocenters. The maximum atomic E-state index is 10.8. The van der Waals surface area contributed by atoms with Crippen molar-refractivity contribution in [3.05, 3.63) is 38.4 Å². The van der Waals surface area contributed by atoms with Crippen LogP contribution >= 0.6 is 0 Å². The van der Waals surface area contributed by atoms with E-state index in [9.17, 15) is 20.2 Å². The van der Waals surface area contributed by atoms with Crippen molar-refractivity contribution in [2.24, 2.45) is 5.10 Å². The molecule has 96 valence electrons. The first-order valence-corrected chi connectivity index (χ1v) is 4.78. The predicted molar refractivity (Wildman–Crippen MR) is 63.6 cm³/mol. The summed E-state index contributed by atoms with van der Waals surface area (Å²) in [7, 11) is 0. The Morgan fingerprint density at radius 3 is 2.56 bits per heavy atom. The molecule has 0 aliphatic heterocycles. The van der Waals surface area contributed by atoms with Crippen molar-refractivity contribution in [1.82, 2.24) is 0 Å². The highest BCUT2D eigenvalue weighted by Gasteiger charge is 2.19. The van der Waals surface area contributed by atoms with E-state index in [1.165, 1.54) is 13.0 Å². The lowest BCUT2D eigenvalue weighted by Gasteiger charge is -2.02. The molecular formula is C9H10N4O5. The standard InChI is InChI=1S/C9H10N4O5/c1-6(5-14)10-11-8-3-2-7(12(15)16)4-9(8)13(17)18/h2-4,11,14H,5H2,1H3/b10-6+. The van der Waals surface area contributed by atoms with Crippen molar-refractivity contribution in [2.75, 3.05) is 12.0 Å². The second kappa shape index (κ2) is 5.68. The largest absolute Gasteiger partial charge is 0.390 e. The third-order valence-electron chi connectivity index (χ3n) is 1.98. The molecule has 2 N–H and O–H groups in total. The zero-order valence-corrected chi connectivity index (χ0v) is 9.36. The molecule has 0 fully saturated rings. The fraction of sp³-hybridized carbons (Fsp3) is 0.222. The number of hydrazone groups is 1. The van der Waals surface area contributed by atoms with Crippen LogP contribution in [0.25, 0.3) is 0 Å². The highest BCUT2D eigenvalue weighted by molar-refractivity contribution is 5.84. The molecule has 0 saturated carbocycles. The Balaban J connectivity index is 3.12. The maximum absolute atomic E-state index is 10.8.